The average molecular weight is 499 g/mol. The number of nitrogens with zero attached hydrogens (tertiary/aromatic N) is 2. The van der Waals surface area contributed by atoms with Crippen LogP contribution in [0, 0.1) is 0 Å². The quantitative estimate of drug-likeness (QED) is 0.488. The van der Waals surface area contributed by atoms with Crippen LogP contribution in [-0.4, -0.2) is 52.8 Å². The van der Waals surface area contributed by atoms with Gasteiger partial charge in [-0.2, -0.15) is 0 Å². The van der Waals surface area contributed by atoms with Gasteiger partial charge < -0.3 is 14.7 Å². The molecule has 5 rings (SSSR count). The summed E-state index contributed by atoms with van der Waals surface area (Å²) in [4.78, 5) is 28.9. The van der Waals surface area contributed by atoms with E-state index >= 15 is 0 Å². The first-order valence-electron chi connectivity index (χ1n) is 13.2. The van der Waals surface area contributed by atoms with Gasteiger partial charge in [-0.05, 0) is 66.3 Å². The van der Waals surface area contributed by atoms with Crippen molar-refractivity contribution < 1.29 is 19.4 Å². The lowest BCUT2D eigenvalue weighted by Crippen LogP contribution is -2.48. The van der Waals surface area contributed by atoms with Gasteiger partial charge in [-0.1, -0.05) is 36.4 Å². The molecule has 2 aliphatic rings. The molecule has 1 amide bonds. The molecule has 3 aromatic rings. The lowest BCUT2D eigenvalue weighted by Gasteiger charge is -2.34. The van der Waals surface area contributed by atoms with E-state index in [1.54, 1.807) is 24.3 Å². The third kappa shape index (κ3) is 6.27. The molecular weight excluding hydrogens is 464 g/mol. The van der Waals surface area contributed by atoms with Crippen LogP contribution in [0.3, 0.4) is 0 Å². The number of ketones is 1. The summed E-state index contributed by atoms with van der Waals surface area (Å²) in [6, 6.07) is 23.6. The maximum Gasteiger partial charge on any atom is 0.253 e. The van der Waals surface area contributed by atoms with E-state index in [1.165, 1.54) is 5.56 Å². The van der Waals surface area contributed by atoms with Crippen molar-refractivity contribution in [2.24, 2.45) is 0 Å². The molecule has 192 valence electrons. The van der Waals surface area contributed by atoms with Crippen LogP contribution in [0.5, 0.6) is 11.5 Å². The first-order valence-corrected chi connectivity index (χ1v) is 13.2. The van der Waals surface area contributed by atoms with Crippen LogP contribution >= 0.6 is 0 Å². The number of hydrogen-bond donors (Lipinski definition) is 1. The van der Waals surface area contributed by atoms with Crippen molar-refractivity contribution in [2.45, 2.75) is 44.8 Å². The fourth-order valence-corrected chi connectivity index (χ4v) is 5.28. The van der Waals surface area contributed by atoms with Crippen LogP contribution in [0.2, 0.25) is 0 Å². The molecule has 6 nitrogen and oxygen atoms in total. The van der Waals surface area contributed by atoms with E-state index in [2.05, 4.69) is 29.2 Å². The maximum atomic E-state index is 13.1. The molecule has 1 aliphatic heterocycles. The number of Topliss-reactive ketones (excluding diaryl/α,β-unsaturated/α-hetero) is 1. The molecule has 37 heavy (non-hydrogen) atoms. The molecule has 0 spiro atoms. The molecule has 1 heterocycles. The molecular formula is C31H34N2O4. The molecule has 1 saturated heterocycles. The molecule has 0 atom stereocenters. The number of ether oxygens (including phenoxy) is 1. The van der Waals surface area contributed by atoms with Gasteiger partial charge in [0.1, 0.15) is 17.3 Å². The standard InChI is InChI=1S/C31H34N2O4/c34-22-27-20-26(24-6-11-28(35)12-7-24)10-15-30(27)37-29-13-8-25(9-14-29)31(36)33-18-16-32(17-19-33)21-23-4-2-1-3-5-23/h1-5,8-10,13-15,20,24,34H,6-7,11-12,16-19,21-22H2. The van der Waals surface area contributed by atoms with Gasteiger partial charge >= 0.3 is 0 Å². The molecule has 1 aliphatic carbocycles. The summed E-state index contributed by atoms with van der Waals surface area (Å²) >= 11 is 0. The van der Waals surface area contributed by atoms with Crippen molar-refractivity contribution in [3.05, 3.63) is 95.1 Å². The van der Waals surface area contributed by atoms with Gasteiger partial charge in [-0.25, -0.2) is 0 Å². The van der Waals surface area contributed by atoms with E-state index in [4.69, 9.17) is 4.74 Å². The molecule has 1 saturated carbocycles. The first-order chi connectivity index (χ1) is 18.1. The average Bonchev–Trinajstić information content (AvgIpc) is 2.95. The lowest BCUT2D eigenvalue weighted by molar-refractivity contribution is -0.120. The Morgan fingerprint density at radius 3 is 2.27 bits per heavy atom. The highest BCUT2D eigenvalue weighted by Crippen LogP contribution is 2.35. The number of aliphatic hydroxyl groups is 1. The number of carbonyl (C=O) groups excluding carboxylic acids is 2. The monoisotopic (exact) mass is 498 g/mol. The summed E-state index contributed by atoms with van der Waals surface area (Å²) in [5.74, 6) is 1.95. The summed E-state index contributed by atoms with van der Waals surface area (Å²) < 4.78 is 6.06. The van der Waals surface area contributed by atoms with E-state index in [0.717, 1.165) is 43.6 Å². The second-order valence-corrected chi connectivity index (χ2v) is 10.0. The maximum absolute atomic E-state index is 13.1. The van der Waals surface area contributed by atoms with Crippen molar-refractivity contribution in [3.8, 4) is 11.5 Å². The number of carbonyl (C=O) groups is 2. The van der Waals surface area contributed by atoms with Crippen LogP contribution in [0.1, 0.15) is 58.6 Å². The summed E-state index contributed by atoms with van der Waals surface area (Å²) in [5.41, 5.74) is 3.81. The number of piperazine rings is 1. The van der Waals surface area contributed by atoms with Gasteiger partial charge in [0.05, 0.1) is 6.61 Å². The Balaban J connectivity index is 1.17. The summed E-state index contributed by atoms with van der Waals surface area (Å²) in [5, 5.41) is 9.94. The molecule has 0 unspecified atom stereocenters. The van der Waals surface area contributed by atoms with Crippen LogP contribution < -0.4 is 4.74 Å². The van der Waals surface area contributed by atoms with Gasteiger partial charge in [0.25, 0.3) is 5.91 Å². The minimum Gasteiger partial charge on any atom is -0.457 e. The number of rotatable bonds is 7. The van der Waals surface area contributed by atoms with Crippen molar-refractivity contribution >= 4 is 11.7 Å². The Hall–Kier alpha value is -3.48. The summed E-state index contributed by atoms with van der Waals surface area (Å²) in [6.45, 7) is 3.93. The molecule has 6 heteroatoms. The highest BCUT2D eigenvalue weighted by molar-refractivity contribution is 5.94. The third-order valence-corrected chi connectivity index (χ3v) is 7.51. The van der Waals surface area contributed by atoms with Gasteiger partial charge in [-0.3, -0.25) is 14.5 Å². The number of benzene rings is 3. The Kier molecular flexibility index (Phi) is 7.97. The largest absolute Gasteiger partial charge is 0.457 e. The number of hydrogen-bond acceptors (Lipinski definition) is 5. The Bertz CT molecular complexity index is 1210. The molecule has 0 aromatic heterocycles. The normalized spacial score (nSPS) is 17.1. The summed E-state index contributed by atoms with van der Waals surface area (Å²) in [6.07, 6.45) is 2.99. The predicted molar refractivity (Wildman–Crippen MR) is 143 cm³/mol. The summed E-state index contributed by atoms with van der Waals surface area (Å²) in [7, 11) is 0. The Labute approximate surface area is 218 Å². The van der Waals surface area contributed by atoms with Crippen molar-refractivity contribution in [2.75, 3.05) is 26.2 Å². The van der Waals surface area contributed by atoms with E-state index in [-0.39, 0.29) is 12.5 Å². The number of aliphatic hydroxyl groups excluding tert-OH is 1. The minimum absolute atomic E-state index is 0.0391. The van der Waals surface area contributed by atoms with Crippen LogP contribution in [0.4, 0.5) is 0 Å². The SMILES string of the molecule is O=C1CCC(c2ccc(Oc3ccc(C(=O)N4CCN(Cc5ccccc5)CC4)cc3)c(CO)c2)CC1. The van der Waals surface area contributed by atoms with Crippen LogP contribution in [-0.2, 0) is 17.9 Å². The minimum atomic E-state index is -0.123. The van der Waals surface area contributed by atoms with Crippen molar-refractivity contribution in [1.82, 2.24) is 9.80 Å². The fourth-order valence-electron chi connectivity index (χ4n) is 5.28. The molecule has 0 radical (unpaired) electrons. The highest BCUT2D eigenvalue weighted by atomic mass is 16.5. The fraction of sp³-hybridized carbons (Fsp3) is 0.355. The first kappa shape index (κ1) is 25.2. The van der Waals surface area contributed by atoms with Crippen molar-refractivity contribution in [3.63, 3.8) is 0 Å². The topological polar surface area (TPSA) is 70.1 Å². The Morgan fingerprint density at radius 2 is 1.59 bits per heavy atom. The third-order valence-electron chi connectivity index (χ3n) is 7.51. The number of amides is 1. The second-order valence-electron chi connectivity index (χ2n) is 10.0. The second kappa shape index (κ2) is 11.7. The zero-order valence-electron chi connectivity index (χ0n) is 21.1. The lowest BCUT2D eigenvalue weighted by atomic mass is 9.83. The zero-order valence-corrected chi connectivity index (χ0v) is 21.1. The smallest absolute Gasteiger partial charge is 0.253 e. The predicted octanol–water partition coefficient (Wildman–Crippen LogP) is 5.16. The van der Waals surface area contributed by atoms with E-state index in [9.17, 15) is 14.7 Å². The Morgan fingerprint density at radius 1 is 0.892 bits per heavy atom. The van der Waals surface area contributed by atoms with Gasteiger partial charge in [0.15, 0.2) is 0 Å². The van der Waals surface area contributed by atoms with Crippen LogP contribution in [0.15, 0.2) is 72.8 Å². The molecule has 2 fully saturated rings. The van der Waals surface area contributed by atoms with Gasteiger partial charge in [0, 0.05) is 56.7 Å². The van der Waals surface area contributed by atoms with Gasteiger partial charge in [-0.15, -0.1) is 0 Å². The highest BCUT2D eigenvalue weighted by Gasteiger charge is 2.23. The zero-order chi connectivity index (χ0) is 25.6. The molecule has 3 aromatic carbocycles. The van der Waals surface area contributed by atoms with E-state index < -0.39 is 0 Å². The van der Waals surface area contributed by atoms with E-state index in [0.29, 0.717) is 54.7 Å². The van der Waals surface area contributed by atoms with Crippen molar-refractivity contribution in [1.29, 1.82) is 0 Å². The molecule has 0 bridgehead atoms. The van der Waals surface area contributed by atoms with Gasteiger partial charge in [0.2, 0.25) is 0 Å². The van der Waals surface area contributed by atoms with E-state index in [1.807, 2.05) is 29.2 Å². The molecule has 1 N–H and O–H groups in total. The van der Waals surface area contributed by atoms with Crippen LogP contribution in [0.25, 0.3) is 0 Å².